The maximum atomic E-state index is 11.4. The minimum atomic E-state index is -1.00. The van der Waals surface area contributed by atoms with Crippen molar-refractivity contribution < 1.29 is 9.90 Å². The number of pyridine rings is 1. The Morgan fingerprint density at radius 2 is 1.89 bits per heavy atom. The number of carbonyl (C=O) groups is 1. The first-order valence-electron chi connectivity index (χ1n) is 5.52. The largest absolute Gasteiger partial charge is 0.464 e. The van der Waals surface area contributed by atoms with Gasteiger partial charge in [-0.1, -0.05) is 24.3 Å². The van der Waals surface area contributed by atoms with Gasteiger partial charge in [0.25, 0.3) is 0 Å². The summed E-state index contributed by atoms with van der Waals surface area (Å²) in [6, 6.07) is 14.7. The number of nitrogens with zero attached hydrogens (tertiary/aromatic N) is 2. The SMILES string of the molecule is O=C(O)n1c(-c2ccccn2)cc2ccccc21. The van der Waals surface area contributed by atoms with Crippen molar-refractivity contribution in [3.8, 4) is 11.4 Å². The molecule has 0 atom stereocenters. The maximum Gasteiger partial charge on any atom is 0.416 e. The number of hydrogen-bond acceptors (Lipinski definition) is 2. The van der Waals surface area contributed by atoms with Crippen LogP contribution in [0.1, 0.15) is 0 Å². The molecule has 0 fully saturated rings. The molecule has 1 aromatic carbocycles. The molecule has 0 saturated heterocycles. The summed E-state index contributed by atoms with van der Waals surface area (Å²) >= 11 is 0. The number of aromatic nitrogens is 2. The molecule has 0 amide bonds. The zero-order chi connectivity index (χ0) is 12.5. The van der Waals surface area contributed by atoms with Crippen LogP contribution in [0.2, 0.25) is 0 Å². The van der Waals surface area contributed by atoms with E-state index in [1.165, 1.54) is 4.57 Å². The molecule has 2 aromatic heterocycles. The van der Waals surface area contributed by atoms with Gasteiger partial charge in [-0.05, 0) is 24.3 Å². The van der Waals surface area contributed by atoms with Crippen LogP contribution in [0.3, 0.4) is 0 Å². The van der Waals surface area contributed by atoms with Gasteiger partial charge in [-0.15, -0.1) is 0 Å². The monoisotopic (exact) mass is 238 g/mol. The quantitative estimate of drug-likeness (QED) is 0.708. The molecule has 0 bridgehead atoms. The summed E-state index contributed by atoms with van der Waals surface area (Å²) in [5.74, 6) is 0. The topological polar surface area (TPSA) is 55.1 Å². The van der Waals surface area contributed by atoms with Crippen LogP contribution in [0, 0.1) is 0 Å². The van der Waals surface area contributed by atoms with Crippen LogP contribution in [0.4, 0.5) is 4.79 Å². The van der Waals surface area contributed by atoms with Crippen LogP contribution in [0.5, 0.6) is 0 Å². The van der Waals surface area contributed by atoms with Crippen molar-refractivity contribution in [1.82, 2.24) is 9.55 Å². The van der Waals surface area contributed by atoms with Crippen molar-refractivity contribution in [1.29, 1.82) is 0 Å². The lowest BCUT2D eigenvalue weighted by molar-refractivity contribution is 0.198. The maximum absolute atomic E-state index is 11.4. The van der Waals surface area contributed by atoms with E-state index in [4.69, 9.17) is 0 Å². The smallest absolute Gasteiger partial charge is 0.416 e. The Bertz CT molecular complexity index is 717. The molecular formula is C14H10N2O2. The second kappa shape index (κ2) is 4.00. The van der Waals surface area contributed by atoms with Gasteiger partial charge in [0.2, 0.25) is 0 Å². The molecule has 3 rings (SSSR count). The predicted molar refractivity (Wildman–Crippen MR) is 68.6 cm³/mol. The van der Waals surface area contributed by atoms with Crippen molar-refractivity contribution in [3.05, 3.63) is 54.7 Å². The lowest BCUT2D eigenvalue weighted by Gasteiger charge is -2.03. The third-order valence-corrected chi connectivity index (χ3v) is 2.83. The van der Waals surface area contributed by atoms with E-state index in [0.29, 0.717) is 16.9 Å². The van der Waals surface area contributed by atoms with E-state index in [0.717, 1.165) is 5.39 Å². The van der Waals surface area contributed by atoms with Gasteiger partial charge >= 0.3 is 6.09 Å². The van der Waals surface area contributed by atoms with Gasteiger partial charge < -0.3 is 5.11 Å². The Morgan fingerprint density at radius 1 is 1.11 bits per heavy atom. The second-order valence-corrected chi connectivity index (χ2v) is 3.92. The summed E-state index contributed by atoms with van der Waals surface area (Å²) in [6.07, 6.45) is 0.649. The van der Waals surface area contributed by atoms with Crippen molar-refractivity contribution in [2.24, 2.45) is 0 Å². The summed E-state index contributed by atoms with van der Waals surface area (Å²) in [5, 5.41) is 10.2. The average molecular weight is 238 g/mol. The molecule has 0 saturated carbocycles. The summed E-state index contributed by atoms with van der Waals surface area (Å²) in [5.41, 5.74) is 1.91. The Morgan fingerprint density at radius 3 is 2.61 bits per heavy atom. The molecule has 0 spiro atoms. The standard InChI is InChI=1S/C14H10N2O2/c17-14(18)16-12-7-2-1-5-10(12)9-13(16)11-6-3-4-8-15-11/h1-9H,(H,17,18). The van der Waals surface area contributed by atoms with Crippen LogP contribution in [-0.4, -0.2) is 20.8 Å². The number of carboxylic acid groups (broad SMARTS) is 1. The number of rotatable bonds is 1. The number of fused-ring (bicyclic) bond motifs is 1. The van der Waals surface area contributed by atoms with Crippen LogP contribution in [0.15, 0.2) is 54.7 Å². The van der Waals surface area contributed by atoms with Gasteiger partial charge in [0.1, 0.15) is 0 Å². The fourth-order valence-electron chi connectivity index (χ4n) is 2.06. The highest BCUT2D eigenvalue weighted by Crippen LogP contribution is 2.26. The summed E-state index contributed by atoms with van der Waals surface area (Å²) in [4.78, 5) is 15.6. The van der Waals surface area contributed by atoms with Gasteiger partial charge in [0.15, 0.2) is 0 Å². The fraction of sp³-hybridized carbons (Fsp3) is 0. The van der Waals surface area contributed by atoms with Crippen LogP contribution in [-0.2, 0) is 0 Å². The van der Waals surface area contributed by atoms with Crippen molar-refractivity contribution >= 4 is 17.0 Å². The summed E-state index contributed by atoms with van der Waals surface area (Å²) < 4.78 is 1.26. The van der Waals surface area contributed by atoms with Gasteiger partial charge in [-0.3, -0.25) is 4.98 Å². The van der Waals surface area contributed by atoms with Crippen LogP contribution in [0.25, 0.3) is 22.3 Å². The zero-order valence-electron chi connectivity index (χ0n) is 9.45. The second-order valence-electron chi connectivity index (χ2n) is 3.92. The minimum Gasteiger partial charge on any atom is -0.464 e. The molecule has 0 radical (unpaired) electrons. The van der Waals surface area contributed by atoms with E-state index in [1.54, 1.807) is 24.4 Å². The first kappa shape index (κ1) is 10.5. The van der Waals surface area contributed by atoms with E-state index in [2.05, 4.69) is 4.98 Å². The highest BCUT2D eigenvalue weighted by Gasteiger charge is 2.15. The number of benzene rings is 1. The normalized spacial score (nSPS) is 10.7. The van der Waals surface area contributed by atoms with Gasteiger partial charge in [-0.25, -0.2) is 9.36 Å². The molecule has 88 valence electrons. The van der Waals surface area contributed by atoms with E-state index >= 15 is 0 Å². The Kier molecular flexibility index (Phi) is 2.34. The van der Waals surface area contributed by atoms with E-state index < -0.39 is 6.09 Å². The fourth-order valence-corrected chi connectivity index (χ4v) is 2.06. The molecule has 0 aliphatic rings. The summed E-state index contributed by atoms with van der Waals surface area (Å²) in [7, 11) is 0. The first-order chi connectivity index (χ1) is 8.77. The molecule has 4 nitrogen and oxygen atoms in total. The van der Waals surface area contributed by atoms with Crippen molar-refractivity contribution in [3.63, 3.8) is 0 Å². The highest BCUT2D eigenvalue weighted by atomic mass is 16.4. The van der Waals surface area contributed by atoms with Crippen molar-refractivity contribution in [2.75, 3.05) is 0 Å². The van der Waals surface area contributed by atoms with Gasteiger partial charge in [0.05, 0.1) is 16.9 Å². The minimum absolute atomic E-state index is 0.587. The number of para-hydroxylation sites is 1. The van der Waals surface area contributed by atoms with Crippen molar-refractivity contribution in [2.45, 2.75) is 0 Å². The molecule has 0 unspecified atom stereocenters. The molecule has 2 heterocycles. The third kappa shape index (κ3) is 1.55. The molecule has 3 aromatic rings. The highest BCUT2D eigenvalue weighted by molar-refractivity contribution is 5.95. The molecule has 1 N–H and O–H groups in total. The van der Waals surface area contributed by atoms with E-state index in [-0.39, 0.29) is 0 Å². The molecular weight excluding hydrogens is 228 g/mol. The number of hydrogen-bond donors (Lipinski definition) is 1. The van der Waals surface area contributed by atoms with Crippen LogP contribution >= 0.6 is 0 Å². The van der Waals surface area contributed by atoms with Gasteiger partial charge in [0, 0.05) is 11.6 Å². The Labute approximate surface area is 103 Å². The molecule has 0 aliphatic heterocycles. The van der Waals surface area contributed by atoms with E-state index in [1.807, 2.05) is 30.3 Å². The summed E-state index contributed by atoms with van der Waals surface area (Å²) in [6.45, 7) is 0. The Hall–Kier alpha value is -2.62. The predicted octanol–water partition coefficient (Wildman–Crippen LogP) is 3.23. The van der Waals surface area contributed by atoms with Gasteiger partial charge in [-0.2, -0.15) is 0 Å². The van der Waals surface area contributed by atoms with Crippen LogP contribution < -0.4 is 0 Å². The molecule has 18 heavy (non-hydrogen) atoms. The average Bonchev–Trinajstić information content (AvgIpc) is 2.79. The molecule has 0 aliphatic carbocycles. The Balaban J connectivity index is 2.36. The molecule has 4 heteroatoms. The lowest BCUT2D eigenvalue weighted by Crippen LogP contribution is -2.09. The first-order valence-corrected chi connectivity index (χ1v) is 5.52. The van der Waals surface area contributed by atoms with E-state index in [9.17, 15) is 9.90 Å². The zero-order valence-corrected chi connectivity index (χ0v) is 9.45. The lowest BCUT2D eigenvalue weighted by atomic mass is 10.2. The third-order valence-electron chi connectivity index (χ3n) is 2.83.